The maximum Gasteiger partial charge on any atom is 0.293 e. The van der Waals surface area contributed by atoms with E-state index < -0.39 is 15.7 Å². The van der Waals surface area contributed by atoms with Gasteiger partial charge in [0.15, 0.2) is 15.6 Å². The number of aromatic nitrogens is 2. The minimum Gasteiger partial charge on any atom is -0.459 e. The smallest absolute Gasteiger partial charge is 0.293 e. The normalized spacial score (nSPS) is 11.4. The average molecular weight is 363 g/mol. The lowest BCUT2D eigenvalue weighted by Crippen LogP contribution is -2.14. The predicted molar refractivity (Wildman–Crippen MR) is 88.6 cm³/mol. The Kier molecular flexibility index (Phi) is 4.45. The number of carbonyl (C=O) groups is 1. The van der Waals surface area contributed by atoms with Gasteiger partial charge in [-0.1, -0.05) is 29.5 Å². The van der Waals surface area contributed by atoms with Crippen molar-refractivity contribution in [3.63, 3.8) is 0 Å². The molecule has 0 fully saturated rings. The number of nitrogens with zero attached hydrogens (tertiary/aromatic N) is 2. The van der Waals surface area contributed by atoms with Crippen molar-refractivity contribution in [1.29, 1.82) is 0 Å². The maximum atomic E-state index is 12.4. The van der Waals surface area contributed by atoms with Crippen LogP contribution in [0.15, 0.2) is 52.0 Å². The van der Waals surface area contributed by atoms with Gasteiger partial charge < -0.3 is 4.42 Å². The summed E-state index contributed by atoms with van der Waals surface area (Å²) in [6.45, 7) is 1.76. The number of carbonyl (C=O) groups excluding carboxylic acids is 1. The molecule has 9 heteroatoms. The molecule has 0 aliphatic carbocycles. The van der Waals surface area contributed by atoms with Crippen molar-refractivity contribution in [2.24, 2.45) is 0 Å². The van der Waals surface area contributed by atoms with Gasteiger partial charge in [0.25, 0.3) is 5.91 Å². The van der Waals surface area contributed by atoms with Crippen LogP contribution in [0.1, 0.15) is 21.1 Å². The van der Waals surface area contributed by atoms with Crippen LogP contribution in [0.25, 0.3) is 0 Å². The van der Waals surface area contributed by atoms with E-state index in [1.807, 2.05) is 0 Å². The van der Waals surface area contributed by atoms with E-state index in [4.69, 9.17) is 4.42 Å². The van der Waals surface area contributed by atoms with Gasteiger partial charge in [-0.25, -0.2) is 8.42 Å². The Morgan fingerprint density at radius 3 is 2.62 bits per heavy atom. The summed E-state index contributed by atoms with van der Waals surface area (Å²) in [6, 6.07) is 9.53. The molecule has 7 nitrogen and oxygen atoms in total. The molecule has 0 aliphatic heterocycles. The van der Waals surface area contributed by atoms with Crippen molar-refractivity contribution in [3.8, 4) is 0 Å². The topological polar surface area (TPSA) is 102 Å². The van der Waals surface area contributed by atoms with Crippen molar-refractivity contribution >= 4 is 32.2 Å². The summed E-state index contributed by atoms with van der Waals surface area (Å²) in [5, 5.41) is 11.2. The maximum absolute atomic E-state index is 12.4. The van der Waals surface area contributed by atoms with E-state index >= 15 is 0 Å². The Hall–Kier alpha value is -2.52. The van der Waals surface area contributed by atoms with E-state index in [2.05, 4.69) is 15.5 Å². The Labute approximate surface area is 142 Å². The van der Waals surface area contributed by atoms with Crippen LogP contribution >= 0.6 is 11.3 Å². The second-order valence-corrected chi connectivity index (χ2v) is 8.10. The van der Waals surface area contributed by atoms with Gasteiger partial charge >= 0.3 is 0 Å². The molecule has 2 heterocycles. The number of amides is 1. The third kappa shape index (κ3) is 3.52. The van der Waals surface area contributed by atoms with Gasteiger partial charge in [-0.05, 0) is 25.1 Å². The number of furan rings is 1. The van der Waals surface area contributed by atoms with E-state index in [-0.39, 0.29) is 22.0 Å². The third-order valence-electron chi connectivity index (χ3n) is 3.15. The molecule has 1 amide bonds. The molecule has 0 unspecified atom stereocenters. The molecule has 0 saturated heterocycles. The summed E-state index contributed by atoms with van der Waals surface area (Å²) >= 11 is 1.22. The van der Waals surface area contributed by atoms with Gasteiger partial charge in [-0.2, -0.15) is 0 Å². The fourth-order valence-corrected chi connectivity index (χ4v) is 4.03. The van der Waals surface area contributed by atoms with Crippen LogP contribution < -0.4 is 5.32 Å². The average Bonchev–Trinajstić information content (AvgIpc) is 3.17. The van der Waals surface area contributed by atoms with Crippen molar-refractivity contribution in [2.45, 2.75) is 17.6 Å². The van der Waals surface area contributed by atoms with E-state index in [0.717, 1.165) is 0 Å². The van der Waals surface area contributed by atoms with Gasteiger partial charge in [0.1, 0.15) is 5.01 Å². The number of anilines is 1. The van der Waals surface area contributed by atoms with Crippen LogP contribution in [0, 0.1) is 6.92 Å². The van der Waals surface area contributed by atoms with Gasteiger partial charge in [0.2, 0.25) is 5.13 Å². The van der Waals surface area contributed by atoms with Crippen molar-refractivity contribution in [2.75, 3.05) is 5.32 Å². The van der Waals surface area contributed by atoms with E-state index in [1.54, 1.807) is 25.1 Å². The largest absolute Gasteiger partial charge is 0.459 e. The molecule has 24 heavy (non-hydrogen) atoms. The number of nitrogens with one attached hydrogen (secondary N) is 1. The molecule has 1 N–H and O–H groups in total. The summed E-state index contributed by atoms with van der Waals surface area (Å²) in [5.41, 5.74) is 0.289. The van der Waals surface area contributed by atoms with Gasteiger partial charge in [-0.15, -0.1) is 10.2 Å². The molecular formula is C15H13N3O4S2. The Morgan fingerprint density at radius 1 is 1.21 bits per heavy atom. The number of benzene rings is 1. The highest BCUT2D eigenvalue weighted by atomic mass is 32.2. The molecule has 0 radical (unpaired) electrons. The standard InChI is InChI=1S/C15H13N3O4S2/c1-10-17-18-15(23-10)16-14(19)13-11(7-8-22-13)9-24(20,21)12-5-3-2-4-6-12/h2-8H,9H2,1H3,(H,16,18,19). The van der Waals surface area contributed by atoms with Crippen LogP contribution in [0.5, 0.6) is 0 Å². The molecule has 0 atom stereocenters. The zero-order chi connectivity index (χ0) is 17.2. The first-order chi connectivity index (χ1) is 11.5. The monoisotopic (exact) mass is 363 g/mol. The first kappa shape index (κ1) is 16.3. The van der Waals surface area contributed by atoms with E-state index in [1.165, 1.54) is 35.8 Å². The van der Waals surface area contributed by atoms with Crippen molar-refractivity contribution in [3.05, 3.63) is 59.0 Å². The fourth-order valence-electron chi connectivity index (χ4n) is 2.07. The lowest BCUT2D eigenvalue weighted by atomic mass is 10.3. The first-order valence-corrected chi connectivity index (χ1v) is 9.38. The molecule has 3 aromatic rings. The SMILES string of the molecule is Cc1nnc(NC(=O)c2occc2CS(=O)(=O)c2ccccc2)s1. The second kappa shape index (κ2) is 6.54. The predicted octanol–water partition coefficient (Wildman–Crippen LogP) is 2.67. The van der Waals surface area contributed by atoms with Crippen LogP contribution in [0.4, 0.5) is 5.13 Å². The highest BCUT2D eigenvalue weighted by molar-refractivity contribution is 7.90. The first-order valence-electron chi connectivity index (χ1n) is 6.91. The summed E-state index contributed by atoms with van der Waals surface area (Å²) in [4.78, 5) is 12.5. The molecule has 0 bridgehead atoms. The molecular weight excluding hydrogens is 350 g/mol. The van der Waals surface area contributed by atoms with Gasteiger partial charge in [0, 0.05) is 5.56 Å². The molecule has 1 aromatic carbocycles. The Bertz CT molecular complexity index is 962. The zero-order valence-corrected chi connectivity index (χ0v) is 14.2. The molecule has 124 valence electrons. The summed E-state index contributed by atoms with van der Waals surface area (Å²) in [5.74, 6) is -0.942. The Morgan fingerprint density at radius 2 is 1.96 bits per heavy atom. The Balaban J connectivity index is 1.81. The summed E-state index contributed by atoms with van der Waals surface area (Å²) in [7, 11) is -3.57. The molecule has 2 aromatic heterocycles. The quantitative estimate of drug-likeness (QED) is 0.748. The molecule has 0 aliphatic rings. The lowest BCUT2D eigenvalue weighted by Gasteiger charge is -2.05. The number of rotatable bonds is 5. The van der Waals surface area contributed by atoms with Crippen molar-refractivity contribution < 1.29 is 17.6 Å². The zero-order valence-electron chi connectivity index (χ0n) is 12.6. The van der Waals surface area contributed by atoms with Crippen LogP contribution in [0.2, 0.25) is 0 Å². The summed E-state index contributed by atoms with van der Waals surface area (Å²) in [6.07, 6.45) is 1.29. The lowest BCUT2D eigenvalue weighted by molar-refractivity contribution is 0.0995. The number of aryl methyl sites for hydroxylation is 1. The molecule has 0 saturated carbocycles. The second-order valence-electron chi connectivity index (χ2n) is 4.93. The highest BCUT2D eigenvalue weighted by Gasteiger charge is 2.23. The minimum atomic E-state index is -3.57. The van der Waals surface area contributed by atoms with Gasteiger partial charge in [-0.3, -0.25) is 10.1 Å². The fraction of sp³-hybridized carbons (Fsp3) is 0.133. The summed E-state index contributed by atoms with van der Waals surface area (Å²) < 4.78 is 30.1. The number of hydrogen-bond acceptors (Lipinski definition) is 7. The van der Waals surface area contributed by atoms with Gasteiger partial charge in [0.05, 0.1) is 16.9 Å². The molecule has 0 spiro atoms. The van der Waals surface area contributed by atoms with E-state index in [0.29, 0.717) is 10.1 Å². The molecule has 3 rings (SSSR count). The third-order valence-corrected chi connectivity index (χ3v) is 5.58. The van der Waals surface area contributed by atoms with Crippen LogP contribution in [0.3, 0.4) is 0 Å². The van der Waals surface area contributed by atoms with Crippen LogP contribution in [-0.2, 0) is 15.6 Å². The highest BCUT2D eigenvalue weighted by Crippen LogP contribution is 2.21. The van der Waals surface area contributed by atoms with Crippen LogP contribution in [-0.4, -0.2) is 24.5 Å². The number of sulfone groups is 1. The van der Waals surface area contributed by atoms with Crippen molar-refractivity contribution in [1.82, 2.24) is 10.2 Å². The van der Waals surface area contributed by atoms with E-state index in [9.17, 15) is 13.2 Å². The minimum absolute atomic E-state index is 0.0534. The number of hydrogen-bond donors (Lipinski definition) is 1.